The first kappa shape index (κ1) is 20.5. The largest absolute Gasteiger partial charge is 0.461 e. The van der Waals surface area contributed by atoms with E-state index >= 15 is 0 Å². The van der Waals surface area contributed by atoms with Crippen LogP contribution in [0.25, 0.3) is 28.1 Å². The third kappa shape index (κ3) is 3.81. The van der Waals surface area contributed by atoms with Crippen molar-refractivity contribution in [2.24, 2.45) is 5.41 Å². The molecule has 4 aromatic rings. The molecule has 0 unspecified atom stereocenters. The van der Waals surface area contributed by atoms with E-state index in [2.05, 4.69) is 35.9 Å². The number of carbonyl (C=O) groups excluding carboxylic acids is 1. The number of amides is 1. The predicted octanol–water partition coefficient (Wildman–Crippen LogP) is 4.01. The molecule has 1 aliphatic heterocycles. The number of aromatic nitrogens is 4. The molecule has 1 fully saturated rings. The van der Waals surface area contributed by atoms with Crippen molar-refractivity contribution < 1.29 is 9.21 Å². The maximum Gasteiger partial charge on any atom is 0.223 e. The van der Waals surface area contributed by atoms with Gasteiger partial charge in [0.25, 0.3) is 0 Å². The molecule has 8 nitrogen and oxygen atoms in total. The Bertz CT molecular complexity index is 1250. The second-order valence-corrected chi connectivity index (χ2v) is 9.55. The van der Waals surface area contributed by atoms with Gasteiger partial charge in [-0.15, -0.1) is 10.2 Å². The molecule has 3 aromatic heterocycles. The molecule has 1 saturated heterocycles. The summed E-state index contributed by atoms with van der Waals surface area (Å²) in [5.74, 6) is 2.27. The van der Waals surface area contributed by atoms with Gasteiger partial charge in [0.1, 0.15) is 0 Å². The Morgan fingerprint density at radius 3 is 2.66 bits per heavy atom. The second kappa shape index (κ2) is 7.93. The van der Waals surface area contributed by atoms with Crippen LogP contribution in [0, 0.1) is 5.41 Å². The summed E-state index contributed by atoms with van der Waals surface area (Å²) in [4.78, 5) is 22.0. The lowest BCUT2D eigenvalue weighted by Crippen LogP contribution is -2.37. The highest BCUT2D eigenvalue weighted by Gasteiger charge is 2.26. The maximum atomic E-state index is 12.8. The number of furan rings is 1. The molecule has 0 bridgehead atoms. The topological polar surface area (TPSA) is 79.8 Å². The second-order valence-electron chi connectivity index (χ2n) is 9.55. The minimum absolute atomic E-state index is 0.0183. The van der Waals surface area contributed by atoms with Gasteiger partial charge in [-0.3, -0.25) is 4.79 Å². The molecule has 4 heterocycles. The van der Waals surface area contributed by atoms with Gasteiger partial charge in [-0.2, -0.15) is 0 Å². The van der Waals surface area contributed by atoms with Crippen LogP contribution in [0.1, 0.15) is 33.6 Å². The number of fused-ring (bicyclic) bond motifs is 3. The van der Waals surface area contributed by atoms with E-state index in [0.29, 0.717) is 31.1 Å². The van der Waals surface area contributed by atoms with Crippen LogP contribution in [0.3, 0.4) is 0 Å². The number of benzene rings is 1. The Morgan fingerprint density at radius 2 is 1.88 bits per heavy atom. The Balaban J connectivity index is 1.54. The molecule has 1 aromatic carbocycles. The van der Waals surface area contributed by atoms with E-state index in [9.17, 15) is 4.79 Å². The van der Waals surface area contributed by atoms with Crippen molar-refractivity contribution in [3.8, 4) is 11.6 Å². The van der Waals surface area contributed by atoms with Crippen molar-refractivity contribution in [1.82, 2.24) is 24.5 Å². The van der Waals surface area contributed by atoms with Crippen molar-refractivity contribution in [1.29, 1.82) is 0 Å². The number of carbonyl (C=O) groups is 1. The molecule has 8 heteroatoms. The van der Waals surface area contributed by atoms with E-state index in [1.165, 1.54) is 0 Å². The smallest absolute Gasteiger partial charge is 0.223 e. The van der Waals surface area contributed by atoms with Gasteiger partial charge >= 0.3 is 0 Å². The molecular weight excluding hydrogens is 404 g/mol. The molecule has 0 radical (unpaired) electrons. The van der Waals surface area contributed by atoms with Crippen molar-refractivity contribution >= 4 is 28.4 Å². The summed E-state index contributed by atoms with van der Waals surface area (Å²) < 4.78 is 7.62. The monoisotopic (exact) mass is 432 g/mol. The number of para-hydroxylation sites is 1. The van der Waals surface area contributed by atoms with Crippen LogP contribution in [0.2, 0.25) is 0 Å². The van der Waals surface area contributed by atoms with Crippen LogP contribution < -0.4 is 4.90 Å². The molecular formula is C24H28N6O2. The first-order chi connectivity index (χ1) is 15.4. The Morgan fingerprint density at radius 1 is 1.03 bits per heavy atom. The van der Waals surface area contributed by atoms with Crippen LogP contribution >= 0.6 is 0 Å². The predicted molar refractivity (Wildman–Crippen MR) is 123 cm³/mol. The van der Waals surface area contributed by atoms with Gasteiger partial charge in [0.2, 0.25) is 17.7 Å². The van der Waals surface area contributed by atoms with Gasteiger partial charge in [0.15, 0.2) is 11.4 Å². The van der Waals surface area contributed by atoms with Gasteiger partial charge < -0.3 is 14.2 Å². The zero-order valence-corrected chi connectivity index (χ0v) is 18.8. The Kier molecular flexibility index (Phi) is 5.07. The molecule has 1 amide bonds. The average molecular weight is 433 g/mol. The first-order valence-corrected chi connectivity index (χ1v) is 11.1. The number of hydrogen-bond donors (Lipinski definition) is 0. The van der Waals surface area contributed by atoms with Gasteiger partial charge in [-0.25, -0.2) is 9.38 Å². The Labute approximate surface area is 186 Å². The third-order valence-electron chi connectivity index (χ3n) is 5.78. The van der Waals surface area contributed by atoms with Crippen LogP contribution in [-0.2, 0) is 4.79 Å². The minimum atomic E-state index is -0.0183. The van der Waals surface area contributed by atoms with E-state index < -0.39 is 0 Å². The van der Waals surface area contributed by atoms with Crippen molar-refractivity contribution in [2.45, 2.75) is 33.6 Å². The summed E-state index contributed by atoms with van der Waals surface area (Å²) in [7, 11) is 0. The summed E-state index contributed by atoms with van der Waals surface area (Å²) in [6, 6.07) is 11.7. The Hall–Kier alpha value is -3.42. The van der Waals surface area contributed by atoms with E-state index in [0.717, 1.165) is 42.0 Å². The molecule has 166 valence electrons. The third-order valence-corrected chi connectivity index (χ3v) is 5.78. The summed E-state index contributed by atoms with van der Waals surface area (Å²) in [5, 5.41) is 9.87. The van der Waals surface area contributed by atoms with Crippen molar-refractivity contribution in [3.05, 3.63) is 42.7 Å². The van der Waals surface area contributed by atoms with E-state index in [-0.39, 0.29) is 11.3 Å². The molecule has 0 atom stereocenters. The van der Waals surface area contributed by atoms with Crippen LogP contribution in [0.5, 0.6) is 0 Å². The number of nitrogens with zero attached hydrogens (tertiary/aromatic N) is 6. The normalized spacial score (nSPS) is 15.5. The molecule has 32 heavy (non-hydrogen) atoms. The molecule has 0 aliphatic carbocycles. The average Bonchev–Trinajstić information content (AvgIpc) is 3.36. The highest BCUT2D eigenvalue weighted by atomic mass is 16.3. The number of hydrogen-bond acceptors (Lipinski definition) is 6. The quantitative estimate of drug-likeness (QED) is 0.487. The van der Waals surface area contributed by atoms with Crippen LogP contribution in [0.4, 0.5) is 5.95 Å². The fourth-order valence-electron chi connectivity index (χ4n) is 4.28. The zero-order chi connectivity index (χ0) is 22.3. The molecule has 0 spiro atoms. The van der Waals surface area contributed by atoms with Gasteiger partial charge in [-0.05, 0) is 36.1 Å². The molecule has 0 saturated carbocycles. The number of anilines is 1. The van der Waals surface area contributed by atoms with Gasteiger partial charge in [0, 0.05) is 38.0 Å². The van der Waals surface area contributed by atoms with Crippen molar-refractivity contribution in [3.63, 3.8) is 0 Å². The van der Waals surface area contributed by atoms with E-state index in [1.54, 1.807) is 6.26 Å². The van der Waals surface area contributed by atoms with E-state index in [4.69, 9.17) is 9.40 Å². The zero-order valence-electron chi connectivity index (χ0n) is 18.8. The molecule has 0 N–H and O–H groups in total. The summed E-state index contributed by atoms with van der Waals surface area (Å²) in [5.41, 5.74) is 1.61. The van der Waals surface area contributed by atoms with Crippen LogP contribution in [0.15, 0.2) is 47.1 Å². The SMILES string of the molecule is CC(C)(C)CC(=O)N1CCCN(c2nc3ccccc3c3nnc(-c4ccco4)n23)CC1. The lowest BCUT2D eigenvalue weighted by atomic mass is 9.91. The van der Waals surface area contributed by atoms with Gasteiger partial charge in [0.05, 0.1) is 11.8 Å². The first-order valence-electron chi connectivity index (χ1n) is 11.1. The standard InChI is InChI=1S/C24H28N6O2/c1-24(2,3)16-20(31)28-11-7-12-29(14-13-28)23-25-18-9-5-4-8-17(18)21-26-27-22(30(21)23)19-10-6-15-32-19/h4-6,8-10,15H,7,11-14,16H2,1-3H3. The van der Waals surface area contributed by atoms with Crippen LogP contribution in [-0.4, -0.2) is 56.6 Å². The lowest BCUT2D eigenvalue weighted by Gasteiger charge is -2.26. The summed E-state index contributed by atoms with van der Waals surface area (Å²) >= 11 is 0. The number of rotatable bonds is 3. The van der Waals surface area contributed by atoms with Crippen molar-refractivity contribution in [2.75, 3.05) is 31.1 Å². The summed E-state index contributed by atoms with van der Waals surface area (Å²) in [6.45, 7) is 9.24. The highest BCUT2D eigenvalue weighted by molar-refractivity contribution is 5.93. The maximum absolute atomic E-state index is 12.8. The molecule has 1 aliphatic rings. The fourth-order valence-corrected chi connectivity index (χ4v) is 4.28. The van der Waals surface area contributed by atoms with Gasteiger partial charge in [-0.1, -0.05) is 32.9 Å². The molecule has 5 rings (SSSR count). The summed E-state index contributed by atoms with van der Waals surface area (Å²) in [6.07, 6.45) is 3.07. The fraction of sp³-hybridized carbons (Fsp3) is 0.417. The minimum Gasteiger partial charge on any atom is -0.461 e. The highest BCUT2D eigenvalue weighted by Crippen LogP contribution is 2.29. The van der Waals surface area contributed by atoms with E-state index in [1.807, 2.05) is 45.7 Å². The lowest BCUT2D eigenvalue weighted by molar-refractivity contribution is -0.132.